The van der Waals surface area contributed by atoms with Crippen molar-refractivity contribution < 1.29 is 33.2 Å². The average Bonchev–Trinajstić information content (AvgIpc) is 3.91. The van der Waals surface area contributed by atoms with Crippen LogP contribution in [0.5, 0.6) is 17.2 Å². The molecular formula is C39H40O7. The Bertz CT molecular complexity index is 1310. The Morgan fingerprint density at radius 2 is 0.739 bits per heavy atom. The molecule has 4 aliphatic heterocycles. The summed E-state index contributed by atoms with van der Waals surface area (Å²) in [6.45, 7) is 4.98. The molecule has 8 rings (SSSR count). The molecule has 0 N–H and O–H groups in total. The number of rotatable bonds is 17. The summed E-state index contributed by atoms with van der Waals surface area (Å²) in [7, 11) is 0. The minimum absolute atomic E-state index is 0.0268. The van der Waals surface area contributed by atoms with Gasteiger partial charge in [-0.05, 0) is 77.1 Å². The highest BCUT2D eigenvalue weighted by molar-refractivity contribution is 5.48. The van der Waals surface area contributed by atoms with Crippen LogP contribution < -0.4 is 14.2 Å². The molecule has 5 unspecified atom stereocenters. The summed E-state index contributed by atoms with van der Waals surface area (Å²) in [4.78, 5) is 0. The second-order valence-electron chi connectivity index (χ2n) is 12.7. The lowest BCUT2D eigenvalue weighted by Crippen LogP contribution is -2.15. The van der Waals surface area contributed by atoms with Gasteiger partial charge in [0.25, 0.3) is 0 Å². The van der Waals surface area contributed by atoms with Crippen LogP contribution in [0.3, 0.4) is 0 Å². The molecule has 0 aliphatic carbocycles. The summed E-state index contributed by atoms with van der Waals surface area (Å²) >= 11 is 0. The highest BCUT2D eigenvalue weighted by atomic mass is 16.6. The largest absolute Gasteiger partial charge is 0.491 e. The second-order valence-corrected chi connectivity index (χ2v) is 12.7. The molecule has 7 heteroatoms. The third kappa shape index (κ3) is 7.91. The zero-order valence-electron chi connectivity index (χ0n) is 25.9. The average molecular weight is 621 g/mol. The summed E-state index contributed by atoms with van der Waals surface area (Å²) in [6, 6.07) is 34.9. The number of epoxide rings is 4. The molecule has 0 aromatic heterocycles. The Morgan fingerprint density at radius 3 is 1.04 bits per heavy atom. The van der Waals surface area contributed by atoms with Gasteiger partial charge >= 0.3 is 0 Å². The first-order valence-electron chi connectivity index (χ1n) is 16.5. The smallest absolute Gasteiger partial charge is 0.119 e. The maximum absolute atomic E-state index is 6.00. The lowest BCUT2D eigenvalue weighted by atomic mass is 9.73. The number of hydrogen-bond acceptors (Lipinski definition) is 7. The Labute approximate surface area is 270 Å². The van der Waals surface area contributed by atoms with Crippen molar-refractivity contribution in [2.45, 2.75) is 49.1 Å². The van der Waals surface area contributed by atoms with E-state index in [1.54, 1.807) is 0 Å². The Morgan fingerprint density at radius 1 is 0.435 bits per heavy atom. The van der Waals surface area contributed by atoms with E-state index >= 15 is 0 Å². The van der Waals surface area contributed by atoms with Crippen LogP contribution in [0.25, 0.3) is 0 Å². The predicted octanol–water partition coefficient (Wildman–Crippen LogP) is 6.31. The van der Waals surface area contributed by atoms with Crippen molar-refractivity contribution in [3.8, 4) is 17.2 Å². The van der Waals surface area contributed by atoms with Crippen molar-refractivity contribution in [3.63, 3.8) is 0 Å². The molecule has 4 aliphatic rings. The van der Waals surface area contributed by atoms with Crippen LogP contribution in [-0.4, -0.2) is 70.7 Å². The molecule has 4 heterocycles. The topological polar surface area (TPSA) is 77.8 Å². The van der Waals surface area contributed by atoms with E-state index in [-0.39, 0.29) is 30.1 Å². The van der Waals surface area contributed by atoms with Gasteiger partial charge in [0.15, 0.2) is 0 Å². The molecule has 7 nitrogen and oxygen atoms in total. The maximum Gasteiger partial charge on any atom is 0.119 e. The van der Waals surface area contributed by atoms with E-state index in [1.165, 1.54) is 27.8 Å². The van der Waals surface area contributed by atoms with Crippen molar-refractivity contribution in [2.24, 2.45) is 0 Å². The molecule has 0 bridgehead atoms. The van der Waals surface area contributed by atoms with Crippen molar-refractivity contribution >= 4 is 0 Å². The molecular weight excluding hydrogens is 580 g/mol. The van der Waals surface area contributed by atoms with Crippen LogP contribution in [-0.2, 0) is 25.4 Å². The second kappa shape index (κ2) is 13.5. The minimum atomic E-state index is 0.0268. The maximum atomic E-state index is 6.00. The summed E-state index contributed by atoms with van der Waals surface area (Å²) < 4.78 is 39.5. The fraction of sp³-hybridized carbons (Fsp3) is 0.385. The first-order valence-corrected chi connectivity index (χ1v) is 16.5. The van der Waals surface area contributed by atoms with Gasteiger partial charge in [-0.25, -0.2) is 0 Å². The van der Waals surface area contributed by atoms with Gasteiger partial charge in [-0.2, -0.15) is 0 Å². The quantitative estimate of drug-likeness (QED) is 0.128. The van der Waals surface area contributed by atoms with Crippen LogP contribution in [0.4, 0.5) is 0 Å². The minimum Gasteiger partial charge on any atom is -0.491 e. The van der Waals surface area contributed by atoms with Crippen LogP contribution in [0.1, 0.15) is 46.1 Å². The zero-order valence-corrected chi connectivity index (χ0v) is 25.9. The Balaban J connectivity index is 1.13. The Kier molecular flexibility index (Phi) is 8.64. The van der Waals surface area contributed by atoms with Crippen molar-refractivity contribution in [1.29, 1.82) is 0 Å². The van der Waals surface area contributed by atoms with Crippen LogP contribution in [0.2, 0.25) is 0 Å². The molecule has 4 aromatic carbocycles. The number of benzene rings is 4. The van der Waals surface area contributed by atoms with Crippen LogP contribution in [0, 0.1) is 0 Å². The van der Waals surface area contributed by atoms with Gasteiger partial charge in [-0.15, -0.1) is 0 Å². The first kappa shape index (κ1) is 29.5. The molecule has 4 saturated heterocycles. The summed E-state index contributed by atoms with van der Waals surface area (Å²) in [6.07, 6.45) is 3.17. The molecule has 5 atom stereocenters. The molecule has 0 saturated carbocycles. The predicted molar refractivity (Wildman–Crippen MR) is 173 cm³/mol. The van der Waals surface area contributed by atoms with E-state index in [2.05, 4.69) is 97.1 Å². The fourth-order valence-electron chi connectivity index (χ4n) is 5.98. The van der Waals surface area contributed by atoms with Crippen LogP contribution >= 0.6 is 0 Å². The van der Waals surface area contributed by atoms with E-state index in [0.29, 0.717) is 25.9 Å². The van der Waals surface area contributed by atoms with Gasteiger partial charge in [0.1, 0.15) is 55.4 Å². The van der Waals surface area contributed by atoms with Crippen molar-refractivity contribution in [3.05, 3.63) is 125 Å². The van der Waals surface area contributed by atoms with Gasteiger partial charge in [0, 0.05) is 11.8 Å². The zero-order chi connectivity index (χ0) is 30.7. The highest BCUT2D eigenvalue weighted by Crippen LogP contribution is 2.44. The molecule has 0 amide bonds. The molecule has 238 valence electrons. The Hall–Kier alpha value is -3.88. The van der Waals surface area contributed by atoms with E-state index in [4.69, 9.17) is 33.2 Å². The first-order chi connectivity index (χ1) is 22.7. The van der Waals surface area contributed by atoms with Gasteiger partial charge in [-0.1, -0.05) is 60.7 Å². The number of ether oxygens (including phenoxy) is 7. The van der Waals surface area contributed by atoms with Gasteiger partial charge in [-0.3, -0.25) is 0 Å². The highest BCUT2D eigenvalue weighted by Gasteiger charge is 2.30. The molecule has 0 spiro atoms. The van der Waals surface area contributed by atoms with E-state index in [1.807, 2.05) is 0 Å². The van der Waals surface area contributed by atoms with E-state index < -0.39 is 0 Å². The standard InChI is InChI=1S/C39H40O7/c1-4-27(5-2-26(1)3-12-34-19-43-34)38(28-6-13-31(14-7-28)40-20-35-23-44-35)39(29-8-15-32(16-9-29)41-21-36-24-45-36)30-10-17-33(18-11-30)42-22-37-25-46-37/h1-2,4-11,13-18,34-39H,3,12,19-25H2. The summed E-state index contributed by atoms with van der Waals surface area (Å²) in [5.41, 5.74) is 6.23. The van der Waals surface area contributed by atoms with E-state index in [0.717, 1.165) is 56.5 Å². The number of hydrogen-bond donors (Lipinski definition) is 0. The van der Waals surface area contributed by atoms with Gasteiger partial charge < -0.3 is 33.2 Å². The monoisotopic (exact) mass is 620 g/mol. The molecule has 0 radical (unpaired) electrons. The SMILES string of the molecule is c1cc(C(c2ccc(OCC3CO3)cc2)C(c2ccc(OCC3CO3)cc2)c2ccc(OCC3CO3)cc2)ccc1CCC1CO1. The normalized spacial score (nSPS) is 23.7. The summed E-state index contributed by atoms with van der Waals surface area (Å²) in [5.74, 6) is 2.63. The molecule has 4 fully saturated rings. The van der Waals surface area contributed by atoms with Crippen molar-refractivity contribution in [2.75, 3.05) is 46.2 Å². The molecule has 4 aromatic rings. The third-order valence-electron chi connectivity index (χ3n) is 9.06. The van der Waals surface area contributed by atoms with Crippen LogP contribution in [0.15, 0.2) is 97.1 Å². The fourth-order valence-corrected chi connectivity index (χ4v) is 5.98. The van der Waals surface area contributed by atoms with Crippen molar-refractivity contribution in [1.82, 2.24) is 0 Å². The van der Waals surface area contributed by atoms with E-state index in [9.17, 15) is 0 Å². The lowest BCUT2D eigenvalue weighted by Gasteiger charge is -2.30. The molecule has 46 heavy (non-hydrogen) atoms. The number of aryl methyl sites for hydroxylation is 1. The lowest BCUT2D eigenvalue weighted by molar-refractivity contribution is 0.263. The van der Waals surface area contributed by atoms with Gasteiger partial charge in [0.05, 0.1) is 32.5 Å². The third-order valence-corrected chi connectivity index (χ3v) is 9.06. The summed E-state index contributed by atoms with van der Waals surface area (Å²) in [5, 5.41) is 0. The van der Waals surface area contributed by atoms with Gasteiger partial charge in [0.2, 0.25) is 0 Å².